The van der Waals surface area contributed by atoms with E-state index in [0.29, 0.717) is 23.0 Å². The second-order valence-electron chi connectivity index (χ2n) is 6.13. The summed E-state index contributed by atoms with van der Waals surface area (Å²) in [5.41, 5.74) is 1.57. The molecule has 0 aliphatic heterocycles. The van der Waals surface area contributed by atoms with Gasteiger partial charge in [-0.2, -0.15) is 0 Å². The first-order chi connectivity index (χ1) is 13.0. The fraction of sp³-hybridized carbons (Fsp3) is 0.250. The summed E-state index contributed by atoms with van der Waals surface area (Å²) in [7, 11) is 0. The van der Waals surface area contributed by atoms with E-state index < -0.39 is 5.69 Å². The van der Waals surface area contributed by atoms with Crippen LogP contribution < -0.4 is 21.9 Å². The number of hydrogen-bond acceptors (Lipinski definition) is 4. The number of para-hydroxylation sites is 1. The normalized spacial score (nSPS) is 10.5. The maximum atomic E-state index is 12.7. The topological polar surface area (TPSA) is 96.0 Å². The molecule has 1 heterocycles. The number of rotatable bonds is 6. The fourth-order valence-electron chi connectivity index (χ4n) is 2.93. The Labute approximate surface area is 168 Å². The number of benzene rings is 2. The Morgan fingerprint density at radius 1 is 1.11 bits per heavy atom. The van der Waals surface area contributed by atoms with Gasteiger partial charge in [-0.25, -0.2) is 4.79 Å². The molecule has 0 bridgehead atoms. The molecular weight excluding hydrogens is 380 g/mol. The number of H-pyrrole nitrogens is 1. The van der Waals surface area contributed by atoms with Gasteiger partial charge in [0.2, 0.25) is 0 Å². The number of nitrogens with one attached hydrogen (secondary N) is 3. The first-order valence-electron chi connectivity index (χ1n) is 8.92. The summed E-state index contributed by atoms with van der Waals surface area (Å²) in [6.45, 7) is 5.51. The molecule has 0 spiro atoms. The van der Waals surface area contributed by atoms with Gasteiger partial charge < -0.3 is 15.6 Å². The standard InChI is InChI=1S/C20H22N4O3.ClH/c1-3-21-12-14-7-5-6-8-16(14)22-18(25)13-9-10-15-17(11-13)23-20(27)24(4-2)19(15)26;/h5-11,21H,3-4,12H2,1-2H3,(H,22,25)(H,23,27);1H. The zero-order valence-corrected chi connectivity index (χ0v) is 16.6. The second-order valence-corrected chi connectivity index (χ2v) is 6.13. The molecule has 0 fully saturated rings. The van der Waals surface area contributed by atoms with Gasteiger partial charge in [0.1, 0.15) is 0 Å². The Hall–Kier alpha value is -2.90. The minimum Gasteiger partial charge on any atom is -0.322 e. The molecule has 0 unspecified atom stereocenters. The Morgan fingerprint density at radius 2 is 1.86 bits per heavy atom. The molecule has 1 aromatic heterocycles. The van der Waals surface area contributed by atoms with E-state index in [1.807, 2.05) is 31.2 Å². The van der Waals surface area contributed by atoms with E-state index in [1.54, 1.807) is 19.1 Å². The van der Waals surface area contributed by atoms with Crippen LogP contribution in [0.2, 0.25) is 0 Å². The van der Waals surface area contributed by atoms with Gasteiger partial charge in [0, 0.05) is 24.3 Å². The van der Waals surface area contributed by atoms with Crippen molar-refractivity contribution in [2.75, 3.05) is 11.9 Å². The quantitative estimate of drug-likeness (QED) is 0.590. The summed E-state index contributed by atoms with van der Waals surface area (Å²) in [5, 5.41) is 6.51. The van der Waals surface area contributed by atoms with Gasteiger partial charge in [-0.3, -0.25) is 14.2 Å². The van der Waals surface area contributed by atoms with Gasteiger partial charge in [0.25, 0.3) is 11.5 Å². The number of aromatic nitrogens is 2. The lowest BCUT2D eigenvalue weighted by Gasteiger charge is -2.12. The molecular formula is C20H23ClN4O3. The van der Waals surface area contributed by atoms with Crippen molar-refractivity contribution in [3.63, 3.8) is 0 Å². The number of carbonyl (C=O) groups is 1. The van der Waals surface area contributed by atoms with Crippen molar-refractivity contribution < 1.29 is 4.79 Å². The molecule has 0 saturated heterocycles. The van der Waals surface area contributed by atoms with Gasteiger partial charge in [0.15, 0.2) is 0 Å². The van der Waals surface area contributed by atoms with Crippen LogP contribution in [0.25, 0.3) is 10.9 Å². The van der Waals surface area contributed by atoms with Crippen LogP contribution in [0, 0.1) is 0 Å². The number of aromatic amines is 1. The monoisotopic (exact) mass is 402 g/mol. The molecule has 0 aliphatic rings. The lowest BCUT2D eigenvalue weighted by molar-refractivity contribution is 0.102. The number of nitrogens with zero attached hydrogens (tertiary/aromatic N) is 1. The van der Waals surface area contributed by atoms with E-state index in [1.165, 1.54) is 6.07 Å². The van der Waals surface area contributed by atoms with Crippen molar-refractivity contribution >= 4 is 34.9 Å². The highest BCUT2D eigenvalue weighted by Crippen LogP contribution is 2.17. The predicted molar refractivity (Wildman–Crippen MR) is 114 cm³/mol. The van der Waals surface area contributed by atoms with Crippen LogP contribution in [0.1, 0.15) is 29.8 Å². The van der Waals surface area contributed by atoms with Crippen molar-refractivity contribution in [3.05, 3.63) is 74.4 Å². The SMILES string of the molecule is CCNCc1ccccc1NC(=O)c1ccc2c(=O)n(CC)c(=O)[nH]c2c1.Cl. The summed E-state index contributed by atoms with van der Waals surface area (Å²) in [5.74, 6) is -0.304. The first-order valence-corrected chi connectivity index (χ1v) is 8.92. The average molecular weight is 403 g/mol. The maximum Gasteiger partial charge on any atom is 0.328 e. The lowest BCUT2D eigenvalue weighted by atomic mass is 10.1. The van der Waals surface area contributed by atoms with Crippen LogP contribution in [0.5, 0.6) is 0 Å². The molecule has 0 saturated carbocycles. The van der Waals surface area contributed by atoms with Gasteiger partial charge in [-0.15, -0.1) is 12.4 Å². The lowest BCUT2D eigenvalue weighted by Crippen LogP contribution is -2.34. The van der Waals surface area contributed by atoms with Crippen LogP contribution in [0.15, 0.2) is 52.1 Å². The third-order valence-electron chi connectivity index (χ3n) is 4.39. The molecule has 0 aliphatic carbocycles. The minimum atomic E-state index is -0.483. The number of hydrogen-bond donors (Lipinski definition) is 3. The number of amides is 1. The molecule has 148 valence electrons. The summed E-state index contributed by atoms with van der Waals surface area (Å²) in [6, 6.07) is 12.2. The minimum absolute atomic E-state index is 0. The Bertz CT molecular complexity index is 1100. The third-order valence-corrected chi connectivity index (χ3v) is 4.39. The molecule has 7 nitrogen and oxygen atoms in total. The van der Waals surface area contributed by atoms with Crippen LogP contribution in [0.4, 0.5) is 5.69 Å². The van der Waals surface area contributed by atoms with Crippen molar-refractivity contribution in [1.82, 2.24) is 14.9 Å². The van der Waals surface area contributed by atoms with Gasteiger partial charge in [-0.1, -0.05) is 25.1 Å². The van der Waals surface area contributed by atoms with Gasteiger partial charge in [-0.05, 0) is 43.3 Å². The first kappa shape index (κ1) is 21.4. The molecule has 0 atom stereocenters. The van der Waals surface area contributed by atoms with E-state index in [4.69, 9.17) is 0 Å². The average Bonchev–Trinajstić information content (AvgIpc) is 2.67. The van der Waals surface area contributed by atoms with E-state index in [0.717, 1.165) is 22.4 Å². The molecule has 3 rings (SSSR count). The molecule has 8 heteroatoms. The van der Waals surface area contributed by atoms with Crippen molar-refractivity contribution in [3.8, 4) is 0 Å². The van der Waals surface area contributed by atoms with Crippen LogP contribution in [-0.2, 0) is 13.1 Å². The van der Waals surface area contributed by atoms with E-state index in [2.05, 4.69) is 15.6 Å². The van der Waals surface area contributed by atoms with E-state index in [-0.39, 0.29) is 30.4 Å². The Kier molecular flexibility index (Phi) is 7.14. The van der Waals surface area contributed by atoms with Gasteiger partial charge >= 0.3 is 5.69 Å². The summed E-state index contributed by atoms with van der Waals surface area (Å²) in [4.78, 5) is 39.7. The summed E-state index contributed by atoms with van der Waals surface area (Å²) >= 11 is 0. The maximum absolute atomic E-state index is 12.7. The number of halogens is 1. The molecule has 1 amide bonds. The van der Waals surface area contributed by atoms with Crippen LogP contribution >= 0.6 is 12.4 Å². The number of fused-ring (bicyclic) bond motifs is 1. The number of anilines is 1. The second kappa shape index (κ2) is 9.34. The summed E-state index contributed by atoms with van der Waals surface area (Å²) < 4.78 is 1.12. The van der Waals surface area contributed by atoms with Crippen molar-refractivity contribution in [2.45, 2.75) is 26.9 Å². The Morgan fingerprint density at radius 3 is 2.57 bits per heavy atom. The van der Waals surface area contributed by atoms with Crippen LogP contribution in [-0.4, -0.2) is 22.0 Å². The highest BCUT2D eigenvalue weighted by atomic mass is 35.5. The zero-order valence-electron chi connectivity index (χ0n) is 15.7. The fourth-order valence-corrected chi connectivity index (χ4v) is 2.93. The molecule has 3 N–H and O–H groups in total. The van der Waals surface area contributed by atoms with E-state index >= 15 is 0 Å². The predicted octanol–water partition coefficient (Wildman–Crippen LogP) is 2.49. The molecule has 0 radical (unpaired) electrons. The molecule has 3 aromatic rings. The zero-order chi connectivity index (χ0) is 19.4. The van der Waals surface area contributed by atoms with Gasteiger partial charge in [0.05, 0.1) is 10.9 Å². The third kappa shape index (κ3) is 4.32. The van der Waals surface area contributed by atoms with Crippen molar-refractivity contribution in [1.29, 1.82) is 0 Å². The highest BCUT2D eigenvalue weighted by molar-refractivity contribution is 6.06. The highest BCUT2D eigenvalue weighted by Gasteiger charge is 2.12. The summed E-state index contributed by atoms with van der Waals surface area (Å²) in [6.07, 6.45) is 0. The number of carbonyl (C=O) groups excluding carboxylic acids is 1. The largest absolute Gasteiger partial charge is 0.328 e. The smallest absolute Gasteiger partial charge is 0.322 e. The van der Waals surface area contributed by atoms with Crippen LogP contribution in [0.3, 0.4) is 0 Å². The molecule has 2 aromatic carbocycles. The Balaban J connectivity index is 0.00000280. The van der Waals surface area contributed by atoms with E-state index in [9.17, 15) is 14.4 Å². The molecule has 28 heavy (non-hydrogen) atoms. The van der Waals surface area contributed by atoms with Crippen molar-refractivity contribution in [2.24, 2.45) is 0 Å².